The standard InChI is InChI=1S/C10H9ClF3NO4/c1-2-18-9(17)5-3-7(16)15-8(6(5)4-11)19-10(12,13)14/h3H,2,4H2,1H3,(H,15,16). The molecule has 0 spiro atoms. The van der Waals surface area contributed by atoms with Crippen molar-refractivity contribution in [1.82, 2.24) is 4.98 Å². The maximum absolute atomic E-state index is 12.2. The molecule has 1 aromatic heterocycles. The molecular formula is C10H9ClF3NO4. The molecule has 19 heavy (non-hydrogen) atoms. The molecular weight excluding hydrogens is 291 g/mol. The van der Waals surface area contributed by atoms with Crippen molar-refractivity contribution < 1.29 is 27.4 Å². The van der Waals surface area contributed by atoms with E-state index in [1.165, 1.54) is 6.92 Å². The van der Waals surface area contributed by atoms with E-state index in [0.29, 0.717) is 0 Å². The van der Waals surface area contributed by atoms with E-state index in [2.05, 4.69) is 9.47 Å². The van der Waals surface area contributed by atoms with Crippen LogP contribution in [0.4, 0.5) is 13.2 Å². The van der Waals surface area contributed by atoms with Gasteiger partial charge in [-0.2, -0.15) is 0 Å². The first kappa shape index (κ1) is 15.4. The molecule has 0 aromatic carbocycles. The maximum atomic E-state index is 12.2. The molecule has 0 fully saturated rings. The topological polar surface area (TPSA) is 68.4 Å². The number of aromatic nitrogens is 1. The lowest BCUT2D eigenvalue weighted by molar-refractivity contribution is -0.276. The number of halogens is 4. The van der Waals surface area contributed by atoms with Gasteiger partial charge >= 0.3 is 12.3 Å². The second kappa shape index (κ2) is 5.96. The average molecular weight is 300 g/mol. The van der Waals surface area contributed by atoms with Crippen LogP contribution < -0.4 is 10.3 Å². The van der Waals surface area contributed by atoms with Crippen LogP contribution in [-0.2, 0) is 10.6 Å². The fraction of sp³-hybridized carbons (Fsp3) is 0.400. The van der Waals surface area contributed by atoms with Crippen molar-refractivity contribution in [3.05, 3.63) is 27.5 Å². The van der Waals surface area contributed by atoms with Gasteiger partial charge in [0.25, 0.3) is 5.56 Å². The van der Waals surface area contributed by atoms with Crippen LogP contribution in [-0.4, -0.2) is 23.9 Å². The molecule has 1 heterocycles. The van der Waals surface area contributed by atoms with Crippen molar-refractivity contribution in [2.24, 2.45) is 0 Å². The molecule has 1 rings (SSSR count). The highest BCUT2D eigenvalue weighted by Gasteiger charge is 2.33. The van der Waals surface area contributed by atoms with Gasteiger partial charge in [-0.3, -0.25) is 9.78 Å². The van der Waals surface area contributed by atoms with E-state index in [4.69, 9.17) is 11.6 Å². The number of esters is 1. The quantitative estimate of drug-likeness (QED) is 0.683. The molecule has 0 amide bonds. The van der Waals surface area contributed by atoms with E-state index in [1.54, 1.807) is 0 Å². The summed E-state index contributed by atoms with van der Waals surface area (Å²) in [6.45, 7) is 1.52. The first-order valence-electron chi connectivity index (χ1n) is 5.03. The van der Waals surface area contributed by atoms with E-state index >= 15 is 0 Å². The zero-order valence-electron chi connectivity index (χ0n) is 9.64. The maximum Gasteiger partial charge on any atom is 0.574 e. The van der Waals surface area contributed by atoms with Crippen molar-refractivity contribution >= 4 is 17.6 Å². The number of pyridine rings is 1. The monoisotopic (exact) mass is 299 g/mol. The number of rotatable bonds is 4. The lowest BCUT2D eigenvalue weighted by atomic mass is 10.1. The van der Waals surface area contributed by atoms with E-state index in [1.807, 2.05) is 4.98 Å². The Morgan fingerprint density at radius 1 is 1.47 bits per heavy atom. The number of carbonyl (C=O) groups excluding carboxylic acids is 1. The summed E-state index contributed by atoms with van der Waals surface area (Å²) in [5.41, 5.74) is -1.59. The number of aromatic amines is 1. The van der Waals surface area contributed by atoms with Gasteiger partial charge in [-0.05, 0) is 6.92 Å². The van der Waals surface area contributed by atoms with Crippen molar-refractivity contribution in [1.29, 1.82) is 0 Å². The Bertz CT molecular complexity index is 526. The van der Waals surface area contributed by atoms with Crippen LogP contribution in [0, 0.1) is 0 Å². The van der Waals surface area contributed by atoms with Crippen molar-refractivity contribution in [3.8, 4) is 5.88 Å². The van der Waals surface area contributed by atoms with Gasteiger partial charge in [0.1, 0.15) is 0 Å². The highest BCUT2D eigenvalue weighted by atomic mass is 35.5. The molecule has 9 heteroatoms. The number of alkyl halides is 4. The zero-order valence-corrected chi connectivity index (χ0v) is 10.4. The molecule has 0 radical (unpaired) electrons. The van der Waals surface area contributed by atoms with Crippen molar-refractivity contribution in [2.45, 2.75) is 19.2 Å². The van der Waals surface area contributed by atoms with Gasteiger partial charge in [0, 0.05) is 11.6 Å². The number of hydrogen-bond donors (Lipinski definition) is 1. The highest BCUT2D eigenvalue weighted by molar-refractivity contribution is 6.17. The van der Waals surface area contributed by atoms with Crippen LogP contribution >= 0.6 is 11.6 Å². The third-order valence-corrected chi connectivity index (χ3v) is 2.23. The Hall–Kier alpha value is -1.70. The van der Waals surface area contributed by atoms with E-state index in [-0.39, 0.29) is 17.7 Å². The number of ether oxygens (including phenoxy) is 2. The van der Waals surface area contributed by atoms with E-state index in [0.717, 1.165) is 6.07 Å². The molecule has 0 aliphatic rings. The zero-order chi connectivity index (χ0) is 14.6. The minimum atomic E-state index is -5.02. The molecule has 0 aliphatic carbocycles. The molecule has 5 nitrogen and oxygen atoms in total. The van der Waals surface area contributed by atoms with Crippen LogP contribution in [0.5, 0.6) is 5.88 Å². The van der Waals surface area contributed by atoms with Gasteiger partial charge in [0.2, 0.25) is 5.88 Å². The first-order valence-corrected chi connectivity index (χ1v) is 5.57. The van der Waals surface area contributed by atoms with Crippen LogP contribution in [0.25, 0.3) is 0 Å². The van der Waals surface area contributed by atoms with Crippen molar-refractivity contribution in [3.63, 3.8) is 0 Å². The molecule has 0 atom stereocenters. The minimum absolute atomic E-state index is 0.00280. The van der Waals surface area contributed by atoms with Gasteiger partial charge < -0.3 is 9.47 Å². The summed E-state index contributed by atoms with van der Waals surface area (Å²) < 4.78 is 44.7. The van der Waals surface area contributed by atoms with Gasteiger partial charge in [0.05, 0.1) is 18.1 Å². The second-order valence-corrected chi connectivity index (χ2v) is 3.52. The molecule has 0 saturated heterocycles. The van der Waals surface area contributed by atoms with Crippen LogP contribution in [0.3, 0.4) is 0 Å². The Morgan fingerprint density at radius 2 is 2.11 bits per heavy atom. The number of hydrogen-bond acceptors (Lipinski definition) is 4. The van der Waals surface area contributed by atoms with Crippen molar-refractivity contribution in [2.75, 3.05) is 6.61 Å². The summed E-state index contributed by atoms with van der Waals surface area (Å²) in [4.78, 5) is 24.6. The summed E-state index contributed by atoms with van der Waals surface area (Å²) in [7, 11) is 0. The Morgan fingerprint density at radius 3 is 2.58 bits per heavy atom. The second-order valence-electron chi connectivity index (χ2n) is 3.26. The highest BCUT2D eigenvalue weighted by Crippen LogP contribution is 2.27. The number of H-pyrrole nitrogens is 1. The summed E-state index contributed by atoms with van der Waals surface area (Å²) in [6.07, 6.45) is -5.02. The van der Waals surface area contributed by atoms with E-state index < -0.39 is 29.7 Å². The number of carbonyl (C=O) groups is 1. The smallest absolute Gasteiger partial charge is 0.462 e. The normalized spacial score (nSPS) is 11.2. The Kier molecular flexibility index (Phi) is 4.82. The summed E-state index contributed by atoms with van der Waals surface area (Å²) in [5, 5.41) is 0. The Balaban J connectivity index is 3.32. The predicted octanol–water partition coefficient (Wildman–Crippen LogP) is 2.19. The molecule has 1 aromatic rings. The fourth-order valence-electron chi connectivity index (χ4n) is 1.29. The van der Waals surface area contributed by atoms with Crippen LogP contribution in [0.1, 0.15) is 22.8 Å². The van der Waals surface area contributed by atoms with Gasteiger partial charge in [-0.1, -0.05) is 0 Å². The molecule has 0 unspecified atom stereocenters. The minimum Gasteiger partial charge on any atom is -0.462 e. The molecule has 0 aliphatic heterocycles. The van der Waals surface area contributed by atoms with Gasteiger partial charge in [0.15, 0.2) is 0 Å². The van der Waals surface area contributed by atoms with Crippen LogP contribution in [0.2, 0.25) is 0 Å². The third-order valence-electron chi connectivity index (χ3n) is 1.96. The lowest BCUT2D eigenvalue weighted by Crippen LogP contribution is -2.23. The van der Waals surface area contributed by atoms with Crippen LogP contribution in [0.15, 0.2) is 10.9 Å². The average Bonchev–Trinajstić information content (AvgIpc) is 2.26. The SMILES string of the molecule is CCOC(=O)c1cc(=O)[nH]c(OC(F)(F)F)c1CCl. The molecule has 1 N–H and O–H groups in total. The first-order chi connectivity index (χ1) is 8.78. The van der Waals surface area contributed by atoms with E-state index in [9.17, 15) is 22.8 Å². The molecule has 0 saturated carbocycles. The largest absolute Gasteiger partial charge is 0.574 e. The fourth-order valence-corrected chi connectivity index (χ4v) is 1.56. The predicted molar refractivity (Wildman–Crippen MR) is 59.3 cm³/mol. The molecule has 0 bridgehead atoms. The van der Waals surface area contributed by atoms with Gasteiger partial charge in [-0.25, -0.2) is 4.79 Å². The summed E-state index contributed by atoms with van der Waals surface area (Å²) >= 11 is 5.49. The lowest BCUT2D eigenvalue weighted by Gasteiger charge is -2.13. The number of nitrogens with one attached hydrogen (secondary N) is 1. The van der Waals surface area contributed by atoms with Gasteiger partial charge in [-0.15, -0.1) is 24.8 Å². The molecule has 106 valence electrons. The summed E-state index contributed by atoms with van der Waals surface area (Å²) in [6, 6.07) is 0.805. The third kappa shape index (κ3) is 4.16. The Labute approximate surface area is 110 Å². The summed E-state index contributed by atoms with van der Waals surface area (Å²) in [5.74, 6) is -2.33.